The van der Waals surface area contributed by atoms with Gasteiger partial charge in [-0.05, 0) is 19.3 Å². The molecule has 0 aliphatic carbocycles. The van der Waals surface area contributed by atoms with Crippen molar-refractivity contribution in [1.29, 1.82) is 0 Å². The average Bonchev–Trinajstić information content (AvgIpc) is 2.78. The number of unbranched alkanes of at least 4 members (excludes halogenated alkanes) is 9. The summed E-state index contributed by atoms with van der Waals surface area (Å²) in [5, 5.41) is 31.7. The first-order valence-electron chi connectivity index (χ1n) is 14.2. The molecule has 7 heteroatoms. The maximum absolute atomic E-state index is 10.6. The van der Waals surface area contributed by atoms with E-state index in [-0.39, 0.29) is 49.4 Å². The molecule has 0 bridgehead atoms. The Kier molecular flexibility index (Phi) is 29.7. The van der Waals surface area contributed by atoms with E-state index in [1.165, 1.54) is 38.5 Å². The summed E-state index contributed by atoms with van der Waals surface area (Å²) >= 11 is 0. The molecule has 0 saturated heterocycles. The van der Waals surface area contributed by atoms with Crippen LogP contribution in [0.5, 0.6) is 0 Å². The molecule has 0 spiro atoms. The minimum atomic E-state index is -0.931. The van der Waals surface area contributed by atoms with Gasteiger partial charge in [0, 0.05) is 34.2 Å². The first-order chi connectivity index (χ1) is 16.5. The molecule has 0 amide bonds. The number of rotatable bonds is 18. The van der Waals surface area contributed by atoms with Crippen molar-refractivity contribution in [2.24, 2.45) is 16.2 Å². The van der Waals surface area contributed by atoms with Gasteiger partial charge in [-0.2, -0.15) is 0 Å². The summed E-state index contributed by atoms with van der Waals surface area (Å²) in [4.78, 5) is 31.7. The number of carboxylic acids is 3. The summed E-state index contributed by atoms with van der Waals surface area (Å²) in [6.45, 7) is 16.8. The molecule has 0 rings (SSSR count). The van der Waals surface area contributed by atoms with Gasteiger partial charge in [-0.15, -0.1) is 0 Å². The third-order valence-electron chi connectivity index (χ3n) is 6.62. The number of aliphatic carboxylic acids is 3. The van der Waals surface area contributed by atoms with Crippen molar-refractivity contribution < 1.29 is 79.1 Å². The van der Waals surface area contributed by atoms with Crippen LogP contribution in [0.4, 0.5) is 0 Å². The summed E-state index contributed by atoms with van der Waals surface area (Å²) in [6.07, 6.45) is 15.7. The van der Waals surface area contributed by atoms with Gasteiger partial charge in [0.25, 0.3) is 0 Å². The molecule has 0 saturated carbocycles. The van der Waals surface area contributed by atoms with Crippen molar-refractivity contribution in [1.82, 2.24) is 0 Å². The molecule has 0 N–H and O–H groups in total. The fraction of sp³-hybridized carbons (Fsp3) is 0.900. The standard InChI is InChI=1S/3C10H20O2.Eu/c3*1-4-5-6-7-8-10(2,3)9(11)12;/h3*4-8H2,1-3H3,(H,11,12);/q;;;+3/p-3. The molecular weight excluding hydrogens is 608 g/mol. The van der Waals surface area contributed by atoms with Crippen molar-refractivity contribution >= 4 is 17.9 Å². The minimum absolute atomic E-state index is 0. The molecule has 0 heterocycles. The van der Waals surface area contributed by atoms with Crippen molar-refractivity contribution in [3.63, 3.8) is 0 Å². The van der Waals surface area contributed by atoms with Crippen molar-refractivity contribution in [2.75, 3.05) is 0 Å². The second kappa shape index (κ2) is 25.0. The Morgan fingerprint density at radius 1 is 0.432 bits per heavy atom. The van der Waals surface area contributed by atoms with Crippen LogP contribution in [0, 0.1) is 65.6 Å². The number of carbonyl (C=O) groups is 3. The van der Waals surface area contributed by atoms with Crippen LogP contribution in [0.1, 0.15) is 159 Å². The minimum Gasteiger partial charge on any atom is -0.550 e. The van der Waals surface area contributed by atoms with Crippen LogP contribution < -0.4 is 15.3 Å². The van der Waals surface area contributed by atoms with E-state index >= 15 is 0 Å². The van der Waals surface area contributed by atoms with Gasteiger partial charge in [-0.3, -0.25) is 0 Å². The number of carboxylic acid groups (broad SMARTS) is 3. The van der Waals surface area contributed by atoms with E-state index in [9.17, 15) is 29.7 Å². The monoisotopic (exact) mass is 666 g/mol. The molecule has 0 unspecified atom stereocenters. The summed E-state index contributed by atoms with van der Waals surface area (Å²) in [6, 6.07) is 0. The Bertz CT molecular complexity index is 504. The molecule has 37 heavy (non-hydrogen) atoms. The van der Waals surface area contributed by atoms with Gasteiger partial charge in [-0.25, -0.2) is 0 Å². The summed E-state index contributed by atoms with van der Waals surface area (Å²) in [7, 11) is 0. The second-order valence-corrected chi connectivity index (χ2v) is 11.9. The zero-order chi connectivity index (χ0) is 28.8. The molecule has 0 radical (unpaired) electrons. The second-order valence-electron chi connectivity index (χ2n) is 11.9. The molecule has 0 aromatic heterocycles. The number of hydrogen-bond acceptors (Lipinski definition) is 6. The normalized spacial score (nSPS) is 11.3. The predicted octanol–water partition coefficient (Wildman–Crippen LogP) is 5.20. The van der Waals surface area contributed by atoms with E-state index in [0.29, 0.717) is 0 Å². The Hall–Kier alpha value is -0.00558. The van der Waals surface area contributed by atoms with Gasteiger partial charge in [0.2, 0.25) is 0 Å². The summed E-state index contributed by atoms with van der Waals surface area (Å²) in [5.74, 6) is -2.79. The average molecular weight is 666 g/mol. The molecule has 0 aromatic carbocycles. The van der Waals surface area contributed by atoms with Crippen molar-refractivity contribution in [3.8, 4) is 0 Å². The van der Waals surface area contributed by atoms with Crippen LogP contribution in [0.2, 0.25) is 0 Å². The fourth-order valence-corrected chi connectivity index (χ4v) is 3.29. The predicted molar refractivity (Wildman–Crippen MR) is 143 cm³/mol. The third kappa shape index (κ3) is 27.4. The van der Waals surface area contributed by atoms with Crippen molar-refractivity contribution in [3.05, 3.63) is 0 Å². The maximum atomic E-state index is 10.6. The van der Waals surface area contributed by atoms with Gasteiger partial charge in [-0.1, -0.05) is 139 Å². The van der Waals surface area contributed by atoms with Crippen LogP contribution in [0.3, 0.4) is 0 Å². The van der Waals surface area contributed by atoms with Crippen LogP contribution in [0.25, 0.3) is 0 Å². The Morgan fingerprint density at radius 3 is 0.757 bits per heavy atom. The molecular formula is C30H57EuO6. The maximum Gasteiger partial charge on any atom is 3.00 e. The van der Waals surface area contributed by atoms with Gasteiger partial charge in [0.05, 0.1) is 0 Å². The van der Waals surface area contributed by atoms with Crippen molar-refractivity contribution in [2.45, 2.75) is 159 Å². The molecule has 6 nitrogen and oxygen atoms in total. The van der Waals surface area contributed by atoms with Gasteiger partial charge in [0.1, 0.15) is 0 Å². The number of carbonyl (C=O) groups excluding carboxylic acids is 3. The first-order valence-corrected chi connectivity index (χ1v) is 14.2. The quantitative estimate of drug-likeness (QED) is 0.186. The van der Waals surface area contributed by atoms with Crippen LogP contribution in [0.15, 0.2) is 0 Å². The molecule has 0 fully saturated rings. The van der Waals surface area contributed by atoms with E-state index in [4.69, 9.17) is 0 Å². The van der Waals surface area contributed by atoms with Crippen LogP contribution in [-0.4, -0.2) is 17.9 Å². The Morgan fingerprint density at radius 2 is 0.622 bits per heavy atom. The largest absolute Gasteiger partial charge is 3.00 e. The van der Waals surface area contributed by atoms with Gasteiger partial charge >= 0.3 is 49.4 Å². The van der Waals surface area contributed by atoms with E-state index in [1.807, 2.05) is 0 Å². The number of hydrogen-bond donors (Lipinski definition) is 0. The first kappa shape index (κ1) is 44.0. The summed E-state index contributed by atoms with van der Waals surface area (Å²) < 4.78 is 0. The van der Waals surface area contributed by atoms with Crippen LogP contribution in [-0.2, 0) is 14.4 Å². The van der Waals surface area contributed by atoms with E-state index in [2.05, 4.69) is 20.8 Å². The Labute approximate surface area is 269 Å². The van der Waals surface area contributed by atoms with E-state index < -0.39 is 34.2 Å². The molecule has 0 atom stereocenters. The molecule has 0 aliphatic rings. The molecule has 0 aromatic rings. The molecule has 0 aliphatic heterocycles. The zero-order valence-corrected chi connectivity index (χ0v) is 27.9. The Balaban J connectivity index is -0.000000218. The zero-order valence-electron chi connectivity index (χ0n) is 25.4. The van der Waals surface area contributed by atoms with Gasteiger partial charge in [0.15, 0.2) is 0 Å². The van der Waals surface area contributed by atoms with Gasteiger partial charge < -0.3 is 29.7 Å². The molecule has 220 valence electrons. The SMILES string of the molecule is CCCCCCC(C)(C)C(=O)[O-].CCCCCCC(C)(C)C(=O)[O-].CCCCCCC(C)(C)C(=O)[O-].[Eu+3]. The third-order valence-corrected chi connectivity index (χ3v) is 6.62. The van der Waals surface area contributed by atoms with E-state index in [1.54, 1.807) is 41.5 Å². The topological polar surface area (TPSA) is 120 Å². The fourth-order valence-electron chi connectivity index (χ4n) is 3.29. The van der Waals surface area contributed by atoms with Crippen LogP contribution >= 0.6 is 0 Å². The summed E-state index contributed by atoms with van der Waals surface area (Å²) in [5.41, 5.74) is -1.94. The smallest absolute Gasteiger partial charge is 0.550 e. The van der Waals surface area contributed by atoms with E-state index in [0.717, 1.165) is 57.8 Å².